The van der Waals surface area contributed by atoms with Crippen LogP contribution in [0.25, 0.3) is 6.08 Å². The Morgan fingerprint density at radius 2 is 1.78 bits per heavy atom. The van der Waals surface area contributed by atoms with Gasteiger partial charge in [0.25, 0.3) is 0 Å². The topological polar surface area (TPSA) is 57.1 Å². The van der Waals surface area contributed by atoms with Gasteiger partial charge in [0.1, 0.15) is 0 Å². The third kappa shape index (κ3) is 4.31. The maximum atomic E-state index is 12.1. The summed E-state index contributed by atoms with van der Waals surface area (Å²) in [6, 6.07) is 13.2. The van der Waals surface area contributed by atoms with Gasteiger partial charge in [-0.1, -0.05) is 29.8 Å². The zero-order valence-corrected chi connectivity index (χ0v) is 15.4. The van der Waals surface area contributed by atoms with Crippen molar-refractivity contribution in [2.75, 3.05) is 13.2 Å². The molecule has 2 heterocycles. The van der Waals surface area contributed by atoms with Gasteiger partial charge in [-0.3, -0.25) is 0 Å². The van der Waals surface area contributed by atoms with Crippen LogP contribution in [0, 0.1) is 0 Å². The molecule has 138 valence electrons. The van der Waals surface area contributed by atoms with Crippen LogP contribution in [-0.2, 0) is 16.0 Å². The Hall–Kier alpha value is -2.79. The Kier molecular flexibility index (Phi) is 5.12. The number of fused-ring (bicyclic) bond motifs is 1. The molecule has 2 aromatic rings. The highest BCUT2D eigenvalue weighted by Crippen LogP contribution is 2.31. The minimum Gasteiger partial charge on any atom is -0.490 e. The maximum Gasteiger partial charge on any atom is 0.363 e. The summed E-state index contributed by atoms with van der Waals surface area (Å²) in [5, 5.41) is 0.698. The third-order valence-electron chi connectivity index (χ3n) is 4.28. The van der Waals surface area contributed by atoms with Gasteiger partial charge in [0.2, 0.25) is 0 Å². The zero-order valence-electron chi connectivity index (χ0n) is 14.6. The van der Waals surface area contributed by atoms with E-state index in [9.17, 15) is 4.79 Å². The van der Waals surface area contributed by atoms with Crippen LogP contribution in [0.15, 0.2) is 53.2 Å². The first-order valence-corrected chi connectivity index (χ1v) is 9.21. The minimum absolute atomic E-state index is 0.288. The van der Waals surface area contributed by atoms with Gasteiger partial charge in [0.15, 0.2) is 23.1 Å². The van der Waals surface area contributed by atoms with Gasteiger partial charge in [-0.2, -0.15) is 0 Å². The fourth-order valence-corrected chi connectivity index (χ4v) is 3.02. The third-order valence-corrected chi connectivity index (χ3v) is 4.53. The summed E-state index contributed by atoms with van der Waals surface area (Å²) in [6.07, 6.45) is 3.82. The molecule has 0 radical (unpaired) electrons. The lowest BCUT2D eigenvalue weighted by molar-refractivity contribution is -0.130. The second kappa shape index (κ2) is 7.84. The van der Waals surface area contributed by atoms with E-state index in [0.717, 1.165) is 29.7 Å². The van der Waals surface area contributed by atoms with Gasteiger partial charge in [-0.05, 0) is 47.9 Å². The number of halogens is 1. The standard InChI is InChI=1S/C21H18ClNO4/c22-16-6-2-14(3-7-16)5-9-20-23-17(21(24)27-20)12-15-4-8-18-19(13-15)26-11-1-10-25-18/h2-4,6-8,12-13H,1,5,9-11H2/b17-12+. The number of ether oxygens (including phenoxy) is 3. The second-order valence-corrected chi connectivity index (χ2v) is 6.74. The highest BCUT2D eigenvalue weighted by atomic mass is 35.5. The van der Waals surface area contributed by atoms with E-state index in [-0.39, 0.29) is 5.70 Å². The molecule has 0 amide bonds. The number of aryl methyl sites for hydroxylation is 1. The highest BCUT2D eigenvalue weighted by Gasteiger charge is 2.23. The molecule has 0 fully saturated rings. The summed E-state index contributed by atoms with van der Waals surface area (Å²) in [4.78, 5) is 16.4. The number of aliphatic imine (C=N–C) groups is 1. The molecule has 27 heavy (non-hydrogen) atoms. The molecule has 0 bridgehead atoms. The Morgan fingerprint density at radius 3 is 2.59 bits per heavy atom. The molecule has 2 aliphatic rings. The second-order valence-electron chi connectivity index (χ2n) is 6.31. The molecule has 0 saturated heterocycles. The lowest BCUT2D eigenvalue weighted by Crippen LogP contribution is -2.05. The maximum absolute atomic E-state index is 12.1. The lowest BCUT2D eigenvalue weighted by atomic mass is 10.1. The molecule has 4 rings (SSSR count). The normalized spacial score (nSPS) is 17.4. The molecule has 0 N–H and O–H groups in total. The summed E-state index contributed by atoms with van der Waals surface area (Å²) in [5.41, 5.74) is 2.21. The van der Waals surface area contributed by atoms with Crippen LogP contribution < -0.4 is 9.47 Å². The first kappa shape index (κ1) is 17.6. The summed E-state index contributed by atoms with van der Waals surface area (Å²) in [6.45, 7) is 1.25. The SMILES string of the molecule is O=C1OC(CCc2ccc(Cl)cc2)=N/C1=C/c1ccc2c(c1)OCCCO2. The van der Waals surface area contributed by atoms with Gasteiger partial charge in [-0.25, -0.2) is 9.79 Å². The van der Waals surface area contributed by atoms with Gasteiger partial charge in [0, 0.05) is 17.9 Å². The average molecular weight is 384 g/mol. The van der Waals surface area contributed by atoms with Gasteiger partial charge in [-0.15, -0.1) is 0 Å². The smallest absolute Gasteiger partial charge is 0.363 e. The summed E-state index contributed by atoms with van der Waals surface area (Å²) in [7, 11) is 0. The molecule has 6 heteroatoms. The van der Waals surface area contributed by atoms with Crippen LogP contribution in [0.2, 0.25) is 5.02 Å². The zero-order chi connectivity index (χ0) is 18.6. The lowest BCUT2D eigenvalue weighted by Gasteiger charge is -2.07. The Morgan fingerprint density at radius 1 is 1.00 bits per heavy atom. The van der Waals surface area contributed by atoms with E-state index in [1.165, 1.54) is 0 Å². The largest absolute Gasteiger partial charge is 0.490 e. The van der Waals surface area contributed by atoms with Crippen molar-refractivity contribution < 1.29 is 19.0 Å². The van der Waals surface area contributed by atoms with Crippen LogP contribution in [-0.4, -0.2) is 25.1 Å². The predicted octanol–water partition coefficient (Wildman–Crippen LogP) is 4.43. The van der Waals surface area contributed by atoms with Crippen molar-refractivity contribution in [2.24, 2.45) is 4.99 Å². The van der Waals surface area contributed by atoms with Gasteiger partial charge < -0.3 is 14.2 Å². The van der Waals surface area contributed by atoms with Crippen molar-refractivity contribution in [3.63, 3.8) is 0 Å². The monoisotopic (exact) mass is 383 g/mol. The highest BCUT2D eigenvalue weighted by molar-refractivity contribution is 6.30. The quantitative estimate of drug-likeness (QED) is 0.579. The number of nitrogens with zero attached hydrogens (tertiary/aromatic N) is 1. The fraction of sp³-hybridized carbons (Fsp3) is 0.238. The summed E-state index contributed by atoms with van der Waals surface area (Å²) in [5.74, 6) is 1.39. The number of cyclic esters (lactones) is 1. The number of hydrogen-bond donors (Lipinski definition) is 0. The molecular formula is C21H18ClNO4. The van der Waals surface area contributed by atoms with Crippen LogP contribution in [0.4, 0.5) is 0 Å². The van der Waals surface area contributed by atoms with Crippen LogP contribution in [0.3, 0.4) is 0 Å². The molecule has 0 saturated carbocycles. The van der Waals surface area contributed by atoms with Crippen molar-refractivity contribution >= 4 is 29.5 Å². The van der Waals surface area contributed by atoms with E-state index in [2.05, 4.69) is 4.99 Å². The van der Waals surface area contributed by atoms with E-state index in [4.69, 9.17) is 25.8 Å². The van der Waals surface area contributed by atoms with Gasteiger partial charge >= 0.3 is 5.97 Å². The summed E-state index contributed by atoms with van der Waals surface area (Å²) >= 11 is 5.89. The van der Waals surface area contributed by atoms with Crippen molar-refractivity contribution in [3.8, 4) is 11.5 Å². The first-order chi connectivity index (χ1) is 13.2. The molecular weight excluding hydrogens is 366 g/mol. The fourth-order valence-electron chi connectivity index (χ4n) is 2.89. The van der Waals surface area contributed by atoms with Crippen molar-refractivity contribution in [1.29, 1.82) is 0 Å². The number of esters is 1. The van der Waals surface area contributed by atoms with Crippen LogP contribution in [0.5, 0.6) is 11.5 Å². The van der Waals surface area contributed by atoms with E-state index >= 15 is 0 Å². The predicted molar refractivity (Wildman–Crippen MR) is 103 cm³/mol. The molecule has 0 aliphatic carbocycles. The molecule has 0 spiro atoms. The number of carbonyl (C=O) groups is 1. The minimum atomic E-state index is -0.437. The Balaban J connectivity index is 1.47. The molecule has 2 aliphatic heterocycles. The Labute approximate surface area is 162 Å². The van der Waals surface area contributed by atoms with E-state index in [0.29, 0.717) is 36.3 Å². The molecule has 0 atom stereocenters. The number of hydrogen-bond acceptors (Lipinski definition) is 5. The van der Waals surface area contributed by atoms with Crippen molar-refractivity contribution in [2.45, 2.75) is 19.3 Å². The number of rotatable bonds is 4. The average Bonchev–Trinajstić information content (AvgIpc) is 2.87. The molecule has 0 aromatic heterocycles. The van der Waals surface area contributed by atoms with Crippen LogP contribution in [0.1, 0.15) is 24.0 Å². The first-order valence-electron chi connectivity index (χ1n) is 8.83. The van der Waals surface area contributed by atoms with E-state index in [1.54, 1.807) is 6.08 Å². The summed E-state index contributed by atoms with van der Waals surface area (Å²) < 4.78 is 16.6. The molecule has 2 aromatic carbocycles. The van der Waals surface area contributed by atoms with Gasteiger partial charge in [0.05, 0.1) is 13.2 Å². The molecule has 5 nitrogen and oxygen atoms in total. The Bertz CT molecular complexity index is 918. The number of benzene rings is 2. The van der Waals surface area contributed by atoms with Crippen LogP contribution >= 0.6 is 11.6 Å². The van der Waals surface area contributed by atoms with Crippen molar-refractivity contribution in [1.82, 2.24) is 0 Å². The number of carbonyl (C=O) groups excluding carboxylic acids is 1. The molecule has 0 unspecified atom stereocenters. The van der Waals surface area contributed by atoms with E-state index < -0.39 is 5.97 Å². The van der Waals surface area contributed by atoms with Crippen molar-refractivity contribution in [3.05, 3.63) is 64.3 Å². The van der Waals surface area contributed by atoms with E-state index in [1.807, 2.05) is 42.5 Å².